The number of nitrogens with one attached hydrogen (secondary N) is 1. The molecule has 0 spiro atoms. The molecule has 3 aliphatic rings. The van der Waals surface area contributed by atoms with Gasteiger partial charge in [0, 0.05) is 29.5 Å². The van der Waals surface area contributed by atoms with Crippen LogP contribution in [0.15, 0.2) is 47.4 Å². The van der Waals surface area contributed by atoms with E-state index in [-0.39, 0.29) is 17.9 Å². The number of nitrogens with zero attached hydrogens (tertiary/aromatic N) is 5. The van der Waals surface area contributed by atoms with Crippen LogP contribution in [0.3, 0.4) is 0 Å². The predicted octanol–water partition coefficient (Wildman–Crippen LogP) is 4.42. The normalized spacial score (nSPS) is 17.0. The molecule has 2 aliphatic carbocycles. The van der Waals surface area contributed by atoms with E-state index in [9.17, 15) is 9.59 Å². The summed E-state index contributed by atoms with van der Waals surface area (Å²) in [6, 6.07) is 8.79. The van der Waals surface area contributed by atoms with Gasteiger partial charge in [-0.15, -0.1) is 0 Å². The van der Waals surface area contributed by atoms with Crippen molar-refractivity contribution in [2.45, 2.75) is 44.7 Å². The summed E-state index contributed by atoms with van der Waals surface area (Å²) in [5.74, 6) is 3.04. The minimum Gasteiger partial charge on any atom is -0.439 e. The number of carbonyl (C=O) groups excluding carboxylic acids is 2. The highest BCUT2D eigenvalue weighted by Gasteiger charge is 2.37. The molecule has 10 nitrogen and oxygen atoms in total. The van der Waals surface area contributed by atoms with Crippen molar-refractivity contribution in [2.24, 2.45) is 5.92 Å². The fraction of sp³-hybridized carbons (Fsp3) is 0.320. The lowest BCUT2D eigenvalue weighted by Gasteiger charge is -2.14. The summed E-state index contributed by atoms with van der Waals surface area (Å²) >= 11 is 0. The molecule has 4 aromatic rings. The minimum absolute atomic E-state index is 0.162. The van der Waals surface area contributed by atoms with Crippen LogP contribution in [0.2, 0.25) is 0 Å². The molecule has 0 atom stereocenters. The lowest BCUT2D eigenvalue weighted by molar-refractivity contribution is -0.133. The van der Waals surface area contributed by atoms with E-state index in [4.69, 9.17) is 9.26 Å². The first-order chi connectivity index (χ1) is 17.1. The largest absolute Gasteiger partial charge is 0.439 e. The second-order valence-electron chi connectivity index (χ2n) is 9.40. The van der Waals surface area contributed by atoms with Crippen molar-refractivity contribution < 1.29 is 18.8 Å². The predicted molar refractivity (Wildman–Crippen MR) is 124 cm³/mol. The molecule has 2 saturated carbocycles. The number of amides is 2. The summed E-state index contributed by atoms with van der Waals surface area (Å²) in [6.07, 6.45) is 7.32. The molecule has 0 bridgehead atoms. The molecule has 35 heavy (non-hydrogen) atoms. The van der Waals surface area contributed by atoms with Gasteiger partial charge in [0.05, 0.1) is 29.9 Å². The summed E-state index contributed by atoms with van der Waals surface area (Å²) in [5, 5.41) is 7.58. The zero-order chi connectivity index (χ0) is 23.5. The molecule has 3 aromatic heterocycles. The highest BCUT2D eigenvalue weighted by molar-refractivity contribution is 5.98. The van der Waals surface area contributed by atoms with Gasteiger partial charge in [-0.1, -0.05) is 5.16 Å². The smallest absolute Gasteiger partial charge is 0.331 e. The Morgan fingerprint density at radius 2 is 1.94 bits per heavy atom. The van der Waals surface area contributed by atoms with Crippen LogP contribution in [0, 0.1) is 5.92 Å². The number of aromatic nitrogens is 4. The van der Waals surface area contributed by atoms with E-state index >= 15 is 0 Å². The van der Waals surface area contributed by atoms with Gasteiger partial charge in [-0.05, 0) is 49.9 Å². The minimum atomic E-state index is -0.321. The maximum absolute atomic E-state index is 12.8. The summed E-state index contributed by atoms with van der Waals surface area (Å²) < 4.78 is 12.9. The van der Waals surface area contributed by atoms with Crippen LogP contribution in [0.25, 0.3) is 10.9 Å². The summed E-state index contributed by atoms with van der Waals surface area (Å²) in [7, 11) is 0. The third-order valence-corrected chi connectivity index (χ3v) is 6.76. The van der Waals surface area contributed by atoms with Crippen LogP contribution in [0.4, 0.5) is 10.6 Å². The molecule has 2 amide bonds. The van der Waals surface area contributed by atoms with Crippen molar-refractivity contribution in [3.63, 3.8) is 0 Å². The number of ether oxygens (including phenoxy) is 1. The Balaban J connectivity index is 1.09. The van der Waals surface area contributed by atoms with Gasteiger partial charge in [-0.3, -0.25) is 14.7 Å². The molecule has 2 fully saturated rings. The van der Waals surface area contributed by atoms with Crippen molar-refractivity contribution in [1.29, 1.82) is 0 Å². The summed E-state index contributed by atoms with van der Waals surface area (Å²) in [5.41, 5.74) is 2.40. The second kappa shape index (κ2) is 7.66. The number of fused-ring (bicyclic) bond motifs is 2. The molecule has 4 heterocycles. The molecule has 10 heteroatoms. The Morgan fingerprint density at radius 3 is 2.77 bits per heavy atom. The average molecular weight is 470 g/mol. The van der Waals surface area contributed by atoms with Crippen LogP contribution >= 0.6 is 0 Å². The van der Waals surface area contributed by atoms with Gasteiger partial charge < -0.3 is 14.2 Å². The fourth-order valence-corrected chi connectivity index (χ4v) is 4.54. The Bertz CT molecular complexity index is 1480. The summed E-state index contributed by atoms with van der Waals surface area (Å²) in [6.45, 7) is 0.957. The molecule has 7 rings (SSSR count). The van der Waals surface area contributed by atoms with E-state index in [1.54, 1.807) is 18.3 Å². The lowest BCUT2D eigenvalue weighted by Crippen LogP contribution is -2.26. The van der Waals surface area contributed by atoms with Crippen LogP contribution in [-0.4, -0.2) is 36.5 Å². The third-order valence-electron chi connectivity index (χ3n) is 6.76. The van der Waals surface area contributed by atoms with Crippen molar-refractivity contribution in [1.82, 2.24) is 24.6 Å². The van der Waals surface area contributed by atoms with Gasteiger partial charge in [-0.25, -0.2) is 14.8 Å². The lowest BCUT2D eigenvalue weighted by atomic mass is 10.2. The SMILES string of the molecule is O=C(C1CC1)N1Cc2ncnc(Oc3ccc4c(ccn4C(=O)Nc4cc(C5CC5)on4)c3)c2C1. The van der Waals surface area contributed by atoms with E-state index in [0.29, 0.717) is 36.5 Å². The number of benzene rings is 1. The van der Waals surface area contributed by atoms with E-state index in [2.05, 4.69) is 20.4 Å². The van der Waals surface area contributed by atoms with E-state index in [1.165, 1.54) is 10.9 Å². The highest BCUT2D eigenvalue weighted by Crippen LogP contribution is 2.41. The molecule has 1 N–H and O–H groups in total. The standard InChI is InChI=1S/C25H22N6O4/c32-24(15-3-4-15)30-11-18-19(12-30)26-13-27-23(18)34-17-5-6-20-16(9-17)7-8-31(20)25(33)28-22-10-21(35-29-22)14-1-2-14/h5-10,13-15H,1-4,11-12H2,(H,28,29,33). The van der Waals surface area contributed by atoms with Crippen LogP contribution in [-0.2, 0) is 17.9 Å². The molecular weight excluding hydrogens is 448 g/mol. The molecule has 0 radical (unpaired) electrons. The van der Waals surface area contributed by atoms with Crippen molar-refractivity contribution in [3.8, 4) is 11.6 Å². The van der Waals surface area contributed by atoms with E-state index in [1.807, 2.05) is 23.1 Å². The molecule has 1 aromatic carbocycles. The van der Waals surface area contributed by atoms with Gasteiger partial charge in [0.15, 0.2) is 5.82 Å². The van der Waals surface area contributed by atoms with Crippen LogP contribution in [0.5, 0.6) is 11.6 Å². The number of rotatable bonds is 5. The Morgan fingerprint density at radius 1 is 1.06 bits per heavy atom. The van der Waals surface area contributed by atoms with Crippen molar-refractivity contribution >= 4 is 28.7 Å². The fourth-order valence-electron chi connectivity index (χ4n) is 4.54. The maximum Gasteiger partial charge on any atom is 0.331 e. The number of carbonyl (C=O) groups is 2. The maximum atomic E-state index is 12.8. The number of anilines is 1. The zero-order valence-electron chi connectivity index (χ0n) is 18.8. The first-order valence-electron chi connectivity index (χ1n) is 11.8. The van der Waals surface area contributed by atoms with Crippen molar-refractivity contribution in [2.75, 3.05) is 5.32 Å². The van der Waals surface area contributed by atoms with Crippen LogP contribution in [0.1, 0.15) is 48.6 Å². The van der Waals surface area contributed by atoms with Crippen LogP contribution < -0.4 is 10.1 Å². The molecule has 176 valence electrons. The summed E-state index contributed by atoms with van der Waals surface area (Å²) in [4.78, 5) is 35.8. The average Bonchev–Trinajstić information content (AvgIpc) is 3.76. The Labute approximate surface area is 199 Å². The first-order valence-corrected chi connectivity index (χ1v) is 11.8. The topological polar surface area (TPSA) is 115 Å². The second-order valence-corrected chi connectivity index (χ2v) is 9.40. The van der Waals surface area contributed by atoms with E-state index < -0.39 is 0 Å². The van der Waals surface area contributed by atoms with E-state index in [0.717, 1.165) is 53.6 Å². The Hall–Kier alpha value is -4.21. The first kappa shape index (κ1) is 20.2. The third kappa shape index (κ3) is 3.71. The Kier molecular flexibility index (Phi) is 4.42. The molecule has 0 unspecified atom stereocenters. The molecule has 1 aliphatic heterocycles. The number of hydrogen-bond donors (Lipinski definition) is 1. The van der Waals surface area contributed by atoms with Crippen molar-refractivity contribution in [3.05, 3.63) is 59.9 Å². The molecule has 0 saturated heterocycles. The van der Waals surface area contributed by atoms with Gasteiger partial charge in [0.2, 0.25) is 11.8 Å². The van der Waals surface area contributed by atoms with Gasteiger partial charge in [0.1, 0.15) is 17.8 Å². The van der Waals surface area contributed by atoms with Gasteiger partial charge in [-0.2, -0.15) is 0 Å². The quantitative estimate of drug-likeness (QED) is 0.459. The highest BCUT2D eigenvalue weighted by atomic mass is 16.5. The zero-order valence-corrected chi connectivity index (χ0v) is 18.8. The van der Waals surface area contributed by atoms with Gasteiger partial charge in [0.25, 0.3) is 0 Å². The van der Waals surface area contributed by atoms with Gasteiger partial charge >= 0.3 is 6.03 Å². The number of hydrogen-bond acceptors (Lipinski definition) is 7. The molecular formula is C25H22N6O4. The monoisotopic (exact) mass is 470 g/mol.